The molecule has 0 radical (unpaired) electrons. The largest absolute Gasteiger partial charge is 0.476 e. The monoisotopic (exact) mass is 370 g/mol. The smallest absolute Gasteiger partial charge is 0.417 e. The van der Waals surface area contributed by atoms with Crippen LogP contribution in [0, 0.1) is 18.7 Å². The van der Waals surface area contributed by atoms with Gasteiger partial charge < -0.3 is 9.64 Å². The maximum atomic E-state index is 14.0. The molecule has 140 valence electrons. The van der Waals surface area contributed by atoms with E-state index in [4.69, 9.17) is 4.74 Å². The van der Waals surface area contributed by atoms with Gasteiger partial charge in [0.25, 0.3) is 0 Å². The molecule has 3 heterocycles. The fourth-order valence-electron chi connectivity index (χ4n) is 2.86. The molecule has 5 nitrogen and oxygen atoms in total. The van der Waals surface area contributed by atoms with E-state index in [0.29, 0.717) is 43.5 Å². The molecule has 0 saturated carbocycles. The Morgan fingerprint density at radius 1 is 1.15 bits per heavy atom. The number of pyridine rings is 1. The van der Waals surface area contributed by atoms with Crippen LogP contribution >= 0.6 is 0 Å². The molecule has 0 spiro atoms. The fraction of sp³-hybridized carbons (Fsp3) is 0.471. The first kappa shape index (κ1) is 18.3. The predicted molar refractivity (Wildman–Crippen MR) is 86.4 cm³/mol. The van der Waals surface area contributed by atoms with E-state index >= 15 is 0 Å². The quantitative estimate of drug-likeness (QED) is 0.770. The number of halogens is 4. The SMILES string of the molecule is Cc1nccnc1OCC1CCN(c2ncc(C(F)(F)F)cc2F)CC1. The topological polar surface area (TPSA) is 51.1 Å². The predicted octanol–water partition coefficient (Wildman–Crippen LogP) is 3.63. The van der Waals surface area contributed by atoms with Gasteiger partial charge in [-0.15, -0.1) is 0 Å². The van der Waals surface area contributed by atoms with Gasteiger partial charge in [0.2, 0.25) is 5.88 Å². The molecule has 26 heavy (non-hydrogen) atoms. The standard InChI is InChI=1S/C17H18F4N4O/c1-11-16(23-5-4-22-11)26-10-12-2-6-25(7-3-12)15-14(18)8-13(9-24-15)17(19,20)21/h4-5,8-9,12H,2-3,6-7,10H2,1H3. The Morgan fingerprint density at radius 3 is 2.46 bits per heavy atom. The Bertz CT molecular complexity index is 761. The second-order valence-electron chi connectivity index (χ2n) is 6.22. The van der Waals surface area contributed by atoms with Crippen LogP contribution in [0.1, 0.15) is 24.1 Å². The molecule has 2 aromatic heterocycles. The average Bonchev–Trinajstić information content (AvgIpc) is 2.61. The van der Waals surface area contributed by atoms with Crippen LogP contribution in [0.5, 0.6) is 5.88 Å². The highest BCUT2D eigenvalue weighted by molar-refractivity contribution is 5.42. The lowest BCUT2D eigenvalue weighted by molar-refractivity contribution is -0.138. The Morgan fingerprint density at radius 2 is 1.85 bits per heavy atom. The van der Waals surface area contributed by atoms with Crippen molar-refractivity contribution in [3.05, 3.63) is 41.7 Å². The summed E-state index contributed by atoms with van der Waals surface area (Å²) >= 11 is 0. The molecule has 9 heteroatoms. The molecule has 0 atom stereocenters. The minimum atomic E-state index is -4.60. The van der Waals surface area contributed by atoms with Crippen molar-refractivity contribution in [3.63, 3.8) is 0 Å². The minimum absolute atomic E-state index is 0.0397. The van der Waals surface area contributed by atoms with E-state index in [1.54, 1.807) is 17.3 Å². The summed E-state index contributed by atoms with van der Waals surface area (Å²) in [5.74, 6) is -0.248. The number of nitrogens with zero attached hydrogens (tertiary/aromatic N) is 4. The van der Waals surface area contributed by atoms with Crippen LogP contribution in [0.4, 0.5) is 23.4 Å². The Labute approximate surface area is 148 Å². The summed E-state index contributed by atoms with van der Waals surface area (Å²) in [6.45, 7) is 3.28. The number of alkyl halides is 3. The van der Waals surface area contributed by atoms with Crippen molar-refractivity contribution in [1.29, 1.82) is 0 Å². The maximum Gasteiger partial charge on any atom is 0.417 e. The zero-order valence-electron chi connectivity index (χ0n) is 14.1. The van der Waals surface area contributed by atoms with Gasteiger partial charge in [-0.2, -0.15) is 13.2 Å². The van der Waals surface area contributed by atoms with Gasteiger partial charge in [0, 0.05) is 31.7 Å². The lowest BCUT2D eigenvalue weighted by Gasteiger charge is -2.32. The highest BCUT2D eigenvalue weighted by atomic mass is 19.4. The van der Waals surface area contributed by atoms with Gasteiger partial charge in [-0.3, -0.25) is 4.98 Å². The Balaban J connectivity index is 1.56. The first-order valence-corrected chi connectivity index (χ1v) is 8.22. The second kappa shape index (κ2) is 7.43. The van der Waals surface area contributed by atoms with Crippen molar-refractivity contribution in [2.75, 3.05) is 24.6 Å². The van der Waals surface area contributed by atoms with E-state index in [2.05, 4.69) is 15.0 Å². The normalized spacial score (nSPS) is 16.0. The summed E-state index contributed by atoms with van der Waals surface area (Å²) in [5, 5.41) is 0. The number of aromatic nitrogens is 3. The fourth-order valence-corrected chi connectivity index (χ4v) is 2.86. The molecule has 0 N–H and O–H groups in total. The zero-order chi connectivity index (χ0) is 18.7. The van der Waals surface area contributed by atoms with Gasteiger partial charge in [0.1, 0.15) is 0 Å². The van der Waals surface area contributed by atoms with Crippen molar-refractivity contribution in [1.82, 2.24) is 15.0 Å². The maximum absolute atomic E-state index is 14.0. The molecule has 2 aromatic rings. The summed E-state index contributed by atoms with van der Waals surface area (Å²) in [5.41, 5.74) is -0.373. The number of aryl methyl sites for hydroxylation is 1. The lowest BCUT2D eigenvalue weighted by atomic mass is 9.98. The molecular weight excluding hydrogens is 352 g/mol. The lowest BCUT2D eigenvalue weighted by Crippen LogP contribution is -2.36. The summed E-state index contributed by atoms with van der Waals surface area (Å²) < 4.78 is 57.5. The van der Waals surface area contributed by atoms with Gasteiger partial charge in [-0.1, -0.05) is 0 Å². The number of hydrogen-bond acceptors (Lipinski definition) is 5. The molecule has 1 saturated heterocycles. The van der Waals surface area contributed by atoms with Crippen LogP contribution < -0.4 is 9.64 Å². The molecule has 3 rings (SSSR count). The van der Waals surface area contributed by atoms with Crippen LogP contribution in [-0.2, 0) is 6.18 Å². The van der Waals surface area contributed by atoms with Crippen LogP contribution in [0.2, 0.25) is 0 Å². The van der Waals surface area contributed by atoms with Crippen molar-refractivity contribution < 1.29 is 22.3 Å². The number of anilines is 1. The van der Waals surface area contributed by atoms with Crippen LogP contribution in [0.3, 0.4) is 0 Å². The van der Waals surface area contributed by atoms with E-state index in [1.165, 1.54) is 0 Å². The van der Waals surface area contributed by atoms with Gasteiger partial charge in [-0.05, 0) is 31.7 Å². The molecule has 0 unspecified atom stereocenters. The molecule has 0 aliphatic carbocycles. The minimum Gasteiger partial charge on any atom is -0.476 e. The molecule has 1 aliphatic rings. The van der Waals surface area contributed by atoms with Gasteiger partial charge in [0.05, 0.1) is 17.9 Å². The summed E-state index contributed by atoms with van der Waals surface area (Å²) in [6.07, 6.45) is 0.665. The molecule has 0 aromatic carbocycles. The number of ether oxygens (including phenoxy) is 1. The van der Waals surface area contributed by atoms with Crippen LogP contribution in [0.15, 0.2) is 24.7 Å². The first-order valence-electron chi connectivity index (χ1n) is 8.22. The van der Waals surface area contributed by atoms with Crippen LogP contribution in [-0.4, -0.2) is 34.6 Å². The number of piperidine rings is 1. The first-order chi connectivity index (χ1) is 12.3. The molecule has 1 fully saturated rings. The third-order valence-corrected chi connectivity index (χ3v) is 4.36. The van der Waals surface area contributed by atoms with Gasteiger partial charge >= 0.3 is 6.18 Å². The average molecular weight is 370 g/mol. The number of hydrogen-bond donors (Lipinski definition) is 0. The van der Waals surface area contributed by atoms with E-state index < -0.39 is 17.6 Å². The van der Waals surface area contributed by atoms with Crippen molar-refractivity contribution >= 4 is 5.82 Å². The highest BCUT2D eigenvalue weighted by Gasteiger charge is 2.33. The molecular formula is C17H18F4N4O. The van der Waals surface area contributed by atoms with E-state index in [9.17, 15) is 17.6 Å². The molecule has 0 amide bonds. The summed E-state index contributed by atoms with van der Waals surface area (Å²) in [7, 11) is 0. The molecule has 1 aliphatic heterocycles. The highest BCUT2D eigenvalue weighted by Crippen LogP contribution is 2.32. The van der Waals surface area contributed by atoms with Gasteiger partial charge in [-0.25, -0.2) is 14.4 Å². The van der Waals surface area contributed by atoms with E-state index in [1.807, 2.05) is 6.92 Å². The van der Waals surface area contributed by atoms with Crippen LogP contribution in [0.25, 0.3) is 0 Å². The van der Waals surface area contributed by atoms with E-state index in [0.717, 1.165) is 12.8 Å². The van der Waals surface area contributed by atoms with E-state index in [-0.39, 0.29) is 11.7 Å². The Hall–Kier alpha value is -2.45. The summed E-state index contributed by atoms with van der Waals surface area (Å²) in [4.78, 5) is 13.6. The van der Waals surface area contributed by atoms with Gasteiger partial charge in [0.15, 0.2) is 11.6 Å². The Kier molecular flexibility index (Phi) is 5.24. The van der Waals surface area contributed by atoms with Crippen molar-refractivity contribution in [2.45, 2.75) is 25.9 Å². The van der Waals surface area contributed by atoms with Crippen molar-refractivity contribution in [3.8, 4) is 5.88 Å². The summed E-state index contributed by atoms with van der Waals surface area (Å²) in [6, 6.07) is 0.494. The number of rotatable bonds is 4. The molecule has 0 bridgehead atoms. The third kappa shape index (κ3) is 4.20. The third-order valence-electron chi connectivity index (χ3n) is 4.36. The zero-order valence-corrected chi connectivity index (χ0v) is 14.1. The van der Waals surface area contributed by atoms with Crippen molar-refractivity contribution in [2.24, 2.45) is 5.92 Å². The second-order valence-corrected chi connectivity index (χ2v) is 6.22.